The number of rotatable bonds is 3. The summed E-state index contributed by atoms with van der Waals surface area (Å²) >= 11 is 5.87. The van der Waals surface area contributed by atoms with E-state index >= 15 is 0 Å². The van der Waals surface area contributed by atoms with Crippen molar-refractivity contribution < 1.29 is 17.9 Å². The first kappa shape index (κ1) is 15.1. The number of amides is 1. The second-order valence-electron chi connectivity index (χ2n) is 4.30. The molecule has 110 valence electrons. The van der Waals surface area contributed by atoms with Crippen LogP contribution in [0.4, 0.5) is 0 Å². The first-order chi connectivity index (χ1) is 9.45. The van der Waals surface area contributed by atoms with Gasteiger partial charge >= 0.3 is 0 Å². The topological polar surface area (TPSA) is 75.7 Å². The average molecular weight is 319 g/mol. The second-order valence-corrected chi connectivity index (χ2v) is 6.64. The number of sulfonamides is 1. The summed E-state index contributed by atoms with van der Waals surface area (Å²) < 4.78 is 31.6. The van der Waals surface area contributed by atoms with Gasteiger partial charge in [0.25, 0.3) is 0 Å². The average Bonchev–Trinajstić information content (AvgIpc) is 2.64. The molecule has 1 aromatic carbocycles. The highest BCUT2D eigenvalue weighted by Crippen LogP contribution is 2.29. The zero-order chi connectivity index (χ0) is 14.8. The molecule has 0 unspecified atom stereocenters. The number of carbonyl (C=O) groups excluding carboxylic acids is 1. The van der Waals surface area contributed by atoms with Crippen LogP contribution in [-0.2, 0) is 14.8 Å². The van der Waals surface area contributed by atoms with Gasteiger partial charge in [-0.15, -0.1) is 0 Å². The van der Waals surface area contributed by atoms with Gasteiger partial charge in [0.2, 0.25) is 15.9 Å². The van der Waals surface area contributed by atoms with Gasteiger partial charge in [0.05, 0.1) is 7.11 Å². The molecular formula is C12H15ClN2O4S. The van der Waals surface area contributed by atoms with E-state index in [9.17, 15) is 13.2 Å². The Kier molecular flexibility index (Phi) is 4.52. The summed E-state index contributed by atoms with van der Waals surface area (Å²) in [4.78, 5) is 11.3. The fraction of sp³-hybridized carbons (Fsp3) is 0.417. The largest absolute Gasteiger partial charge is 0.495 e. The number of hydrogen-bond donors (Lipinski definition) is 1. The molecule has 1 heterocycles. The number of halogens is 1. The minimum atomic E-state index is -3.74. The van der Waals surface area contributed by atoms with Gasteiger partial charge in [-0.05, 0) is 18.2 Å². The Morgan fingerprint density at radius 2 is 2.10 bits per heavy atom. The number of hydrogen-bond acceptors (Lipinski definition) is 4. The summed E-state index contributed by atoms with van der Waals surface area (Å²) in [5, 5.41) is 2.95. The molecule has 8 heteroatoms. The predicted octanol–water partition coefficient (Wildman–Crippen LogP) is 0.859. The monoisotopic (exact) mass is 318 g/mol. The van der Waals surface area contributed by atoms with Crippen LogP contribution in [0.15, 0.2) is 23.1 Å². The van der Waals surface area contributed by atoms with E-state index in [1.807, 2.05) is 0 Å². The molecule has 6 nitrogen and oxygen atoms in total. The lowest BCUT2D eigenvalue weighted by Crippen LogP contribution is -2.34. The smallest absolute Gasteiger partial charge is 0.246 e. The summed E-state index contributed by atoms with van der Waals surface area (Å²) in [6.45, 7) is 0.661. The highest BCUT2D eigenvalue weighted by Gasteiger charge is 2.29. The van der Waals surface area contributed by atoms with Crippen molar-refractivity contribution in [3.05, 3.63) is 23.2 Å². The van der Waals surface area contributed by atoms with Crippen LogP contribution in [0, 0.1) is 0 Å². The normalized spacial score (nSPS) is 17.4. The Morgan fingerprint density at radius 3 is 2.80 bits per heavy atom. The van der Waals surface area contributed by atoms with Crippen molar-refractivity contribution in [2.24, 2.45) is 0 Å². The highest BCUT2D eigenvalue weighted by molar-refractivity contribution is 7.89. The Bertz CT molecular complexity index is 618. The number of carbonyl (C=O) groups is 1. The predicted molar refractivity (Wildman–Crippen MR) is 74.4 cm³/mol. The molecule has 1 aliphatic rings. The van der Waals surface area contributed by atoms with Crippen LogP contribution in [0.5, 0.6) is 5.75 Å². The van der Waals surface area contributed by atoms with Crippen LogP contribution < -0.4 is 10.1 Å². The molecule has 1 N–H and O–H groups in total. The molecule has 0 bridgehead atoms. The zero-order valence-corrected chi connectivity index (χ0v) is 12.5. The lowest BCUT2D eigenvalue weighted by Gasteiger charge is -2.20. The lowest BCUT2D eigenvalue weighted by molar-refractivity contribution is -0.120. The first-order valence-corrected chi connectivity index (χ1v) is 7.87. The summed E-state index contributed by atoms with van der Waals surface area (Å²) in [6, 6.07) is 4.43. The van der Waals surface area contributed by atoms with E-state index in [-0.39, 0.29) is 36.1 Å². The minimum Gasteiger partial charge on any atom is -0.495 e. The molecule has 1 aromatic rings. The standard InChI is InChI=1S/C12H15ClN2O4S/c1-19-10-3-2-9(13)8-11(10)20(17,18)15-6-4-12(16)14-5-7-15/h2-3,8H,4-7H2,1H3,(H,14,16). The Labute approximate surface area is 122 Å². The van der Waals surface area contributed by atoms with E-state index in [1.165, 1.54) is 23.5 Å². The van der Waals surface area contributed by atoms with Crippen LogP contribution in [-0.4, -0.2) is 45.4 Å². The van der Waals surface area contributed by atoms with Gasteiger partial charge in [0.15, 0.2) is 0 Å². The van der Waals surface area contributed by atoms with Gasteiger partial charge in [-0.25, -0.2) is 8.42 Å². The SMILES string of the molecule is COc1ccc(Cl)cc1S(=O)(=O)N1CCNC(=O)CC1. The molecule has 0 aromatic heterocycles. The maximum absolute atomic E-state index is 12.6. The van der Waals surface area contributed by atoms with Crippen LogP contribution in [0.3, 0.4) is 0 Å². The molecule has 0 saturated carbocycles. The van der Waals surface area contributed by atoms with Crippen LogP contribution in [0.1, 0.15) is 6.42 Å². The third kappa shape index (κ3) is 3.05. The molecule has 20 heavy (non-hydrogen) atoms. The van der Waals surface area contributed by atoms with Crippen LogP contribution >= 0.6 is 11.6 Å². The van der Waals surface area contributed by atoms with Crippen molar-refractivity contribution >= 4 is 27.5 Å². The van der Waals surface area contributed by atoms with Crippen molar-refractivity contribution in [1.82, 2.24) is 9.62 Å². The van der Waals surface area contributed by atoms with Gasteiger partial charge < -0.3 is 10.1 Å². The summed E-state index contributed by atoms with van der Waals surface area (Å²) in [5.41, 5.74) is 0. The van der Waals surface area contributed by atoms with Crippen LogP contribution in [0.2, 0.25) is 5.02 Å². The molecule has 1 amide bonds. The van der Waals surface area contributed by atoms with Crippen molar-refractivity contribution in [3.63, 3.8) is 0 Å². The van der Waals surface area contributed by atoms with Crippen molar-refractivity contribution in [1.29, 1.82) is 0 Å². The van der Waals surface area contributed by atoms with E-state index in [1.54, 1.807) is 6.07 Å². The van der Waals surface area contributed by atoms with E-state index in [4.69, 9.17) is 16.3 Å². The molecule has 1 saturated heterocycles. The summed E-state index contributed by atoms with van der Waals surface area (Å²) in [5.74, 6) is 0.0821. The molecule has 0 aliphatic carbocycles. The number of ether oxygens (including phenoxy) is 1. The fourth-order valence-electron chi connectivity index (χ4n) is 1.98. The lowest BCUT2D eigenvalue weighted by atomic mass is 10.3. The molecule has 1 aliphatic heterocycles. The number of nitrogens with one attached hydrogen (secondary N) is 1. The quantitative estimate of drug-likeness (QED) is 0.897. The van der Waals surface area contributed by atoms with Crippen molar-refractivity contribution in [3.8, 4) is 5.75 Å². The van der Waals surface area contributed by atoms with Crippen molar-refractivity contribution in [2.75, 3.05) is 26.7 Å². The number of nitrogens with zero attached hydrogens (tertiary/aromatic N) is 1. The van der Waals surface area contributed by atoms with Gasteiger partial charge in [0.1, 0.15) is 10.6 Å². The van der Waals surface area contributed by atoms with Gasteiger partial charge in [-0.1, -0.05) is 11.6 Å². The third-order valence-electron chi connectivity index (χ3n) is 3.02. The van der Waals surface area contributed by atoms with E-state index in [2.05, 4.69) is 5.32 Å². The third-order valence-corrected chi connectivity index (χ3v) is 5.17. The zero-order valence-electron chi connectivity index (χ0n) is 10.9. The maximum atomic E-state index is 12.6. The molecule has 1 fully saturated rings. The summed E-state index contributed by atoms with van der Waals surface area (Å²) in [6.07, 6.45) is 0.141. The van der Waals surface area contributed by atoms with E-state index in [0.717, 1.165) is 0 Å². The number of benzene rings is 1. The first-order valence-electron chi connectivity index (χ1n) is 6.05. The number of methoxy groups -OCH3 is 1. The van der Waals surface area contributed by atoms with Crippen LogP contribution in [0.25, 0.3) is 0 Å². The Balaban J connectivity index is 2.39. The van der Waals surface area contributed by atoms with Gasteiger partial charge in [-0.3, -0.25) is 4.79 Å². The molecule has 0 spiro atoms. The Hall–Kier alpha value is -1.31. The highest BCUT2D eigenvalue weighted by atomic mass is 35.5. The van der Waals surface area contributed by atoms with Gasteiger partial charge in [0, 0.05) is 31.1 Å². The molecule has 0 atom stereocenters. The molecule has 2 rings (SSSR count). The van der Waals surface area contributed by atoms with E-state index in [0.29, 0.717) is 11.6 Å². The fourth-order valence-corrected chi connectivity index (χ4v) is 3.84. The Morgan fingerprint density at radius 1 is 1.35 bits per heavy atom. The van der Waals surface area contributed by atoms with Crippen molar-refractivity contribution in [2.45, 2.75) is 11.3 Å². The summed E-state index contributed by atoms with van der Waals surface area (Å²) in [7, 11) is -2.34. The van der Waals surface area contributed by atoms with Gasteiger partial charge in [-0.2, -0.15) is 4.31 Å². The minimum absolute atomic E-state index is 0.0156. The molecular weight excluding hydrogens is 304 g/mol. The second kappa shape index (κ2) is 5.99. The maximum Gasteiger partial charge on any atom is 0.246 e. The molecule has 0 radical (unpaired) electrons. The van der Waals surface area contributed by atoms with E-state index < -0.39 is 10.0 Å².